The number of allylic oxidation sites excluding steroid dienone is 2. The van der Waals surface area contributed by atoms with E-state index in [1.807, 2.05) is 42.3 Å². The molecule has 1 unspecified atom stereocenters. The van der Waals surface area contributed by atoms with Gasteiger partial charge in [-0.05, 0) is 50.8 Å². The summed E-state index contributed by atoms with van der Waals surface area (Å²) in [5.74, 6) is -1.63. The fourth-order valence-electron chi connectivity index (χ4n) is 4.59. The van der Waals surface area contributed by atoms with Crippen molar-refractivity contribution in [2.75, 3.05) is 26.8 Å². The zero-order valence-corrected chi connectivity index (χ0v) is 21.9. The van der Waals surface area contributed by atoms with Gasteiger partial charge in [-0.2, -0.15) is 0 Å². The van der Waals surface area contributed by atoms with Gasteiger partial charge in [-0.15, -0.1) is 0 Å². The number of hydrogen-bond acceptors (Lipinski definition) is 8. The van der Waals surface area contributed by atoms with Crippen molar-refractivity contribution in [3.8, 4) is 0 Å². The Morgan fingerprint density at radius 2 is 1.66 bits per heavy atom. The SMILES string of the molecule is CC1=C(C(=O)OCCN(C)Cc2ccccc2)C(c2cccc([N+](=O)[O-])c2)C(C(=O)OCC2CC2)=C(C)N1. The van der Waals surface area contributed by atoms with Crippen LogP contribution in [0.1, 0.15) is 43.7 Å². The second-order valence-electron chi connectivity index (χ2n) is 9.89. The van der Waals surface area contributed by atoms with Crippen LogP contribution in [-0.2, 0) is 25.6 Å². The number of benzene rings is 2. The number of nitro groups is 1. The number of nitro benzene ring substituents is 1. The molecule has 9 nitrogen and oxygen atoms in total. The van der Waals surface area contributed by atoms with Gasteiger partial charge in [0.1, 0.15) is 6.61 Å². The van der Waals surface area contributed by atoms with Gasteiger partial charge in [-0.25, -0.2) is 9.59 Å². The minimum Gasteiger partial charge on any atom is -0.462 e. The van der Waals surface area contributed by atoms with Crippen LogP contribution in [0.2, 0.25) is 0 Å². The lowest BCUT2D eigenvalue weighted by Gasteiger charge is -2.30. The van der Waals surface area contributed by atoms with Crippen LogP contribution in [0.3, 0.4) is 0 Å². The molecule has 4 rings (SSSR count). The molecule has 2 aliphatic rings. The first-order valence-corrected chi connectivity index (χ1v) is 12.7. The molecule has 1 aliphatic carbocycles. The van der Waals surface area contributed by atoms with Crippen LogP contribution in [0.15, 0.2) is 77.1 Å². The molecule has 2 aromatic rings. The highest BCUT2D eigenvalue weighted by Crippen LogP contribution is 2.40. The maximum atomic E-state index is 13.5. The Hall–Kier alpha value is -3.98. The van der Waals surface area contributed by atoms with E-state index < -0.39 is 22.8 Å². The summed E-state index contributed by atoms with van der Waals surface area (Å²) in [5, 5.41) is 14.6. The van der Waals surface area contributed by atoms with E-state index in [-0.39, 0.29) is 23.4 Å². The molecule has 1 saturated carbocycles. The van der Waals surface area contributed by atoms with Gasteiger partial charge >= 0.3 is 11.9 Å². The van der Waals surface area contributed by atoms with E-state index in [9.17, 15) is 19.7 Å². The molecule has 0 bridgehead atoms. The zero-order valence-electron chi connectivity index (χ0n) is 21.9. The van der Waals surface area contributed by atoms with Gasteiger partial charge in [0.25, 0.3) is 5.69 Å². The number of carbonyl (C=O) groups excluding carboxylic acids is 2. The van der Waals surface area contributed by atoms with E-state index in [1.54, 1.807) is 26.0 Å². The number of carbonyl (C=O) groups is 2. The fraction of sp³-hybridized carbons (Fsp3) is 0.379. The average molecular weight is 520 g/mol. The number of esters is 2. The van der Waals surface area contributed by atoms with E-state index in [1.165, 1.54) is 12.1 Å². The minimum absolute atomic E-state index is 0.128. The molecule has 1 atom stereocenters. The summed E-state index contributed by atoms with van der Waals surface area (Å²) in [6, 6.07) is 16.0. The number of hydrogen-bond donors (Lipinski definition) is 1. The first-order chi connectivity index (χ1) is 18.2. The minimum atomic E-state index is -0.864. The third-order valence-corrected chi connectivity index (χ3v) is 6.76. The van der Waals surface area contributed by atoms with Crippen molar-refractivity contribution < 1.29 is 24.0 Å². The van der Waals surface area contributed by atoms with Crippen LogP contribution in [0.5, 0.6) is 0 Å². The van der Waals surface area contributed by atoms with Crippen molar-refractivity contribution in [2.45, 2.75) is 39.2 Å². The maximum absolute atomic E-state index is 13.5. The fourth-order valence-corrected chi connectivity index (χ4v) is 4.59. The largest absolute Gasteiger partial charge is 0.462 e. The van der Waals surface area contributed by atoms with Crippen molar-refractivity contribution in [2.24, 2.45) is 5.92 Å². The molecular formula is C29H33N3O6. The molecule has 0 saturated heterocycles. The van der Waals surface area contributed by atoms with Crippen LogP contribution in [-0.4, -0.2) is 48.6 Å². The Morgan fingerprint density at radius 3 is 2.29 bits per heavy atom. The molecule has 0 amide bonds. The van der Waals surface area contributed by atoms with Crippen LogP contribution < -0.4 is 5.32 Å². The summed E-state index contributed by atoms with van der Waals surface area (Å²) in [6.45, 7) is 5.14. The predicted molar refractivity (Wildman–Crippen MR) is 142 cm³/mol. The van der Waals surface area contributed by atoms with E-state index in [4.69, 9.17) is 9.47 Å². The normalized spacial score (nSPS) is 17.3. The molecule has 0 radical (unpaired) electrons. The summed E-state index contributed by atoms with van der Waals surface area (Å²) < 4.78 is 11.3. The van der Waals surface area contributed by atoms with Crippen molar-refractivity contribution >= 4 is 17.6 Å². The maximum Gasteiger partial charge on any atom is 0.336 e. The van der Waals surface area contributed by atoms with Gasteiger partial charge < -0.3 is 14.8 Å². The number of rotatable bonds is 11. The molecular weight excluding hydrogens is 486 g/mol. The Balaban J connectivity index is 1.55. The van der Waals surface area contributed by atoms with E-state index in [2.05, 4.69) is 5.32 Å². The topological polar surface area (TPSA) is 111 Å². The van der Waals surface area contributed by atoms with Gasteiger partial charge in [0, 0.05) is 36.6 Å². The highest BCUT2D eigenvalue weighted by atomic mass is 16.6. The summed E-state index contributed by atoms with van der Waals surface area (Å²) in [6.07, 6.45) is 2.04. The van der Waals surface area contributed by atoms with Crippen molar-refractivity contribution in [3.05, 3.63) is 98.4 Å². The highest BCUT2D eigenvalue weighted by molar-refractivity contribution is 6.00. The molecule has 1 fully saturated rings. The Kier molecular flexibility index (Phi) is 8.58. The monoisotopic (exact) mass is 519 g/mol. The number of likely N-dealkylation sites (N-methyl/N-ethyl adjacent to an activating group) is 1. The molecule has 200 valence electrons. The van der Waals surface area contributed by atoms with E-state index >= 15 is 0 Å². The van der Waals surface area contributed by atoms with E-state index in [0.717, 1.165) is 18.4 Å². The lowest BCUT2D eigenvalue weighted by molar-refractivity contribution is -0.384. The number of ether oxygens (including phenoxy) is 2. The zero-order chi connectivity index (χ0) is 27.2. The third kappa shape index (κ3) is 6.66. The van der Waals surface area contributed by atoms with Gasteiger partial charge in [0.15, 0.2) is 0 Å². The van der Waals surface area contributed by atoms with Crippen LogP contribution in [0.4, 0.5) is 5.69 Å². The quantitative estimate of drug-likeness (QED) is 0.263. The van der Waals surface area contributed by atoms with Gasteiger partial charge in [-0.1, -0.05) is 42.5 Å². The van der Waals surface area contributed by atoms with Crippen LogP contribution >= 0.6 is 0 Å². The molecule has 2 aromatic carbocycles. The molecule has 1 heterocycles. The predicted octanol–water partition coefficient (Wildman–Crippen LogP) is 4.46. The molecule has 38 heavy (non-hydrogen) atoms. The number of non-ortho nitro benzene ring substituents is 1. The van der Waals surface area contributed by atoms with Crippen molar-refractivity contribution in [1.29, 1.82) is 0 Å². The van der Waals surface area contributed by atoms with Crippen LogP contribution in [0.25, 0.3) is 0 Å². The second-order valence-corrected chi connectivity index (χ2v) is 9.89. The number of dihydropyridines is 1. The van der Waals surface area contributed by atoms with Gasteiger partial charge in [0.05, 0.1) is 28.6 Å². The standard InChI is InChI=1S/C29H33N3O6/c1-19-25(28(33)37-15-14-31(3)17-21-8-5-4-6-9-21)27(23-10-7-11-24(16-23)32(35)36)26(20(2)30-19)29(34)38-18-22-12-13-22/h4-11,16,22,27,30H,12-15,17-18H2,1-3H3. The van der Waals surface area contributed by atoms with Gasteiger partial charge in [0.2, 0.25) is 0 Å². The summed E-state index contributed by atoms with van der Waals surface area (Å²) >= 11 is 0. The first-order valence-electron chi connectivity index (χ1n) is 12.7. The number of nitrogens with one attached hydrogen (secondary N) is 1. The van der Waals surface area contributed by atoms with E-state index in [0.29, 0.717) is 42.6 Å². The molecule has 0 spiro atoms. The lowest BCUT2D eigenvalue weighted by Crippen LogP contribution is -2.33. The second kappa shape index (κ2) is 12.0. The highest BCUT2D eigenvalue weighted by Gasteiger charge is 2.39. The molecule has 1 N–H and O–H groups in total. The Bertz CT molecular complexity index is 1270. The molecule has 0 aromatic heterocycles. The molecule has 1 aliphatic heterocycles. The lowest BCUT2D eigenvalue weighted by atomic mass is 9.80. The first kappa shape index (κ1) is 27.1. The third-order valence-electron chi connectivity index (χ3n) is 6.76. The summed E-state index contributed by atoms with van der Waals surface area (Å²) in [4.78, 5) is 39.8. The van der Waals surface area contributed by atoms with Crippen LogP contribution in [0, 0.1) is 16.0 Å². The summed E-state index contributed by atoms with van der Waals surface area (Å²) in [5.41, 5.74) is 3.03. The number of nitrogens with zero attached hydrogens (tertiary/aromatic N) is 2. The Labute approximate surface area is 222 Å². The van der Waals surface area contributed by atoms with Crippen molar-refractivity contribution in [3.63, 3.8) is 0 Å². The van der Waals surface area contributed by atoms with Crippen molar-refractivity contribution in [1.82, 2.24) is 10.2 Å². The average Bonchev–Trinajstić information content (AvgIpc) is 3.72. The Morgan fingerprint density at radius 1 is 1.00 bits per heavy atom. The smallest absolute Gasteiger partial charge is 0.336 e. The van der Waals surface area contributed by atoms with Gasteiger partial charge in [-0.3, -0.25) is 15.0 Å². The summed E-state index contributed by atoms with van der Waals surface area (Å²) in [7, 11) is 1.94. The molecule has 9 heteroatoms.